The Balaban J connectivity index is 1.49. The Kier molecular flexibility index (Phi) is 5.86. The molecule has 3 aromatic heterocycles. The molecule has 0 fully saturated rings. The number of hydrogen-bond donors (Lipinski definition) is 0. The first kappa shape index (κ1) is 20.9. The van der Waals surface area contributed by atoms with E-state index in [1.54, 1.807) is 19.5 Å². The first-order valence-electron chi connectivity index (χ1n) is 10.3. The number of ether oxygens (including phenoxy) is 1. The molecule has 0 amide bonds. The van der Waals surface area contributed by atoms with Crippen molar-refractivity contribution in [3.8, 4) is 34.3 Å². The molecule has 8 nitrogen and oxygen atoms in total. The first-order chi connectivity index (χ1) is 16.2. The molecule has 0 bridgehead atoms. The third-order valence-corrected chi connectivity index (χ3v) is 6.02. The monoisotopic (exact) mass is 456 g/mol. The van der Waals surface area contributed by atoms with Gasteiger partial charge >= 0.3 is 0 Å². The minimum absolute atomic E-state index is 0.138. The number of aromatic nitrogens is 6. The maximum atomic E-state index is 5.95. The number of pyridine rings is 1. The summed E-state index contributed by atoms with van der Waals surface area (Å²) in [5.41, 5.74) is 2.71. The van der Waals surface area contributed by atoms with E-state index in [0.717, 1.165) is 22.6 Å². The first-order valence-corrected chi connectivity index (χ1v) is 11.2. The van der Waals surface area contributed by atoms with Crippen molar-refractivity contribution in [2.75, 3.05) is 7.11 Å². The van der Waals surface area contributed by atoms with Crippen LogP contribution in [0.2, 0.25) is 0 Å². The highest BCUT2D eigenvalue weighted by atomic mass is 32.2. The molecule has 0 aliphatic rings. The summed E-state index contributed by atoms with van der Waals surface area (Å²) < 4.78 is 13.3. The minimum atomic E-state index is -0.138. The standard InChI is InChI=1S/C24H20N6O2S/c1-16(22-27-28-23(32-22)18-6-4-3-5-7-18)33-24-29-26-21(17-12-14-25-15-13-17)30(24)19-8-10-20(31-2)11-9-19/h3-16H,1-2H3. The third kappa shape index (κ3) is 4.35. The maximum absolute atomic E-state index is 5.95. The van der Waals surface area contributed by atoms with Gasteiger partial charge in [-0.2, -0.15) is 0 Å². The number of benzene rings is 2. The Labute approximate surface area is 194 Å². The lowest BCUT2D eigenvalue weighted by atomic mass is 10.2. The summed E-state index contributed by atoms with van der Waals surface area (Å²) in [7, 11) is 1.65. The lowest BCUT2D eigenvalue weighted by molar-refractivity contribution is 0.414. The van der Waals surface area contributed by atoms with Gasteiger partial charge in [-0.25, -0.2) is 0 Å². The van der Waals surface area contributed by atoms with E-state index < -0.39 is 0 Å². The van der Waals surface area contributed by atoms with E-state index in [2.05, 4.69) is 25.4 Å². The van der Waals surface area contributed by atoms with Gasteiger partial charge in [-0.3, -0.25) is 9.55 Å². The van der Waals surface area contributed by atoms with Gasteiger partial charge in [0.05, 0.1) is 12.4 Å². The van der Waals surface area contributed by atoms with Crippen molar-refractivity contribution in [3.63, 3.8) is 0 Å². The quantitative estimate of drug-likeness (QED) is 0.307. The number of thioether (sulfide) groups is 1. The second kappa shape index (κ2) is 9.25. The van der Waals surface area contributed by atoms with Crippen molar-refractivity contribution in [2.45, 2.75) is 17.3 Å². The van der Waals surface area contributed by atoms with Crippen molar-refractivity contribution in [1.82, 2.24) is 29.9 Å². The van der Waals surface area contributed by atoms with Crippen LogP contribution in [-0.4, -0.2) is 37.1 Å². The highest BCUT2D eigenvalue weighted by Crippen LogP contribution is 2.37. The highest BCUT2D eigenvalue weighted by Gasteiger charge is 2.22. The molecule has 3 heterocycles. The van der Waals surface area contributed by atoms with Crippen LogP contribution in [0.15, 0.2) is 88.7 Å². The molecule has 9 heteroatoms. The van der Waals surface area contributed by atoms with Crippen LogP contribution in [0.4, 0.5) is 0 Å². The van der Waals surface area contributed by atoms with Crippen LogP contribution in [0, 0.1) is 0 Å². The van der Waals surface area contributed by atoms with Crippen molar-refractivity contribution >= 4 is 11.8 Å². The van der Waals surface area contributed by atoms with Gasteiger partial charge in [0.1, 0.15) is 5.75 Å². The molecule has 33 heavy (non-hydrogen) atoms. The fourth-order valence-electron chi connectivity index (χ4n) is 3.30. The van der Waals surface area contributed by atoms with Gasteiger partial charge in [-0.1, -0.05) is 30.0 Å². The molecule has 0 N–H and O–H groups in total. The van der Waals surface area contributed by atoms with Crippen LogP contribution < -0.4 is 4.74 Å². The lowest BCUT2D eigenvalue weighted by Crippen LogP contribution is -2.01. The average Bonchev–Trinajstić information content (AvgIpc) is 3.53. The fraction of sp³-hybridized carbons (Fsp3) is 0.125. The Bertz CT molecular complexity index is 1340. The summed E-state index contributed by atoms with van der Waals surface area (Å²) >= 11 is 1.50. The molecule has 1 atom stereocenters. The van der Waals surface area contributed by atoms with Gasteiger partial charge in [0.25, 0.3) is 0 Å². The molecule has 0 radical (unpaired) electrons. The highest BCUT2D eigenvalue weighted by molar-refractivity contribution is 7.99. The van der Waals surface area contributed by atoms with E-state index in [-0.39, 0.29) is 5.25 Å². The number of rotatable bonds is 7. The minimum Gasteiger partial charge on any atom is -0.497 e. The summed E-state index contributed by atoms with van der Waals surface area (Å²) in [6, 6.07) is 21.3. The molecular formula is C24H20N6O2S. The lowest BCUT2D eigenvalue weighted by Gasteiger charge is -2.12. The van der Waals surface area contributed by atoms with E-state index in [0.29, 0.717) is 22.8 Å². The van der Waals surface area contributed by atoms with Crippen LogP contribution in [0.3, 0.4) is 0 Å². The van der Waals surface area contributed by atoms with Crippen LogP contribution in [0.1, 0.15) is 18.1 Å². The number of methoxy groups -OCH3 is 1. The van der Waals surface area contributed by atoms with Crippen molar-refractivity contribution in [2.24, 2.45) is 0 Å². The Morgan fingerprint density at radius 2 is 1.61 bits per heavy atom. The van der Waals surface area contributed by atoms with E-state index in [9.17, 15) is 0 Å². The second-order valence-corrected chi connectivity index (χ2v) is 8.46. The van der Waals surface area contributed by atoms with Gasteiger partial charge in [0, 0.05) is 29.2 Å². The molecule has 0 spiro atoms. The van der Waals surface area contributed by atoms with Gasteiger partial charge < -0.3 is 9.15 Å². The normalized spacial score (nSPS) is 11.9. The second-order valence-electron chi connectivity index (χ2n) is 7.15. The number of nitrogens with zero attached hydrogens (tertiary/aromatic N) is 6. The fourth-order valence-corrected chi connectivity index (χ4v) is 4.20. The molecular weight excluding hydrogens is 436 g/mol. The summed E-state index contributed by atoms with van der Waals surface area (Å²) in [5.74, 6) is 2.51. The zero-order valence-electron chi connectivity index (χ0n) is 18.0. The molecule has 0 aliphatic heterocycles. The average molecular weight is 457 g/mol. The largest absolute Gasteiger partial charge is 0.497 e. The Morgan fingerprint density at radius 3 is 2.33 bits per heavy atom. The number of hydrogen-bond acceptors (Lipinski definition) is 8. The summed E-state index contributed by atoms with van der Waals surface area (Å²) in [4.78, 5) is 4.11. The summed E-state index contributed by atoms with van der Waals surface area (Å²) in [6.45, 7) is 2.01. The predicted octanol–water partition coefficient (Wildman–Crippen LogP) is 5.24. The molecule has 0 saturated heterocycles. The smallest absolute Gasteiger partial charge is 0.247 e. The molecule has 2 aromatic carbocycles. The zero-order valence-corrected chi connectivity index (χ0v) is 18.8. The van der Waals surface area contributed by atoms with Crippen LogP contribution in [0.5, 0.6) is 5.75 Å². The topological polar surface area (TPSA) is 91.8 Å². The SMILES string of the molecule is COc1ccc(-n2c(SC(C)c3nnc(-c4ccccc4)o3)nnc2-c2ccncc2)cc1. The predicted molar refractivity (Wildman–Crippen MR) is 125 cm³/mol. The maximum Gasteiger partial charge on any atom is 0.247 e. The van der Waals surface area contributed by atoms with E-state index >= 15 is 0 Å². The van der Waals surface area contributed by atoms with E-state index in [1.165, 1.54) is 11.8 Å². The third-order valence-electron chi connectivity index (χ3n) is 4.99. The van der Waals surface area contributed by atoms with Crippen molar-refractivity contribution in [1.29, 1.82) is 0 Å². The Hall–Kier alpha value is -3.98. The molecule has 0 saturated carbocycles. The molecule has 0 aliphatic carbocycles. The molecule has 5 aromatic rings. The summed E-state index contributed by atoms with van der Waals surface area (Å²) in [5, 5.41) is 18.0. The van der Waals surface area contributed by atoms with Crippen molar-refractivity contribution in [3.05, 3.63) is 85.0 Å². The molecule has 1 unspecified atom stereocenters. The molecule has 5 rings (SSSR count). The van der Waals surface area contributed by atoms with Crippen LogP contribution in [0.25, 0.3) is 28.5 Å². The van der Waals surface area contributed by atoms with Crippen LogP contribution >= 0.6 is 11.8 Å². The van der Waals surface area contributed by atoms with Crippen LogP contribution in [-0.2, 0) is 0 Å². The van der Waals surface area contributed by atoms with Crippen molar-refractivity contribution < 1.29 is 9.15 Å². The van der Waals surface area contributed by atoms with E-state index in [1.807, 2.05) is 78.2 Å². The van der Waals surface area contributed by atoms with Gasteiger partial charge in [0.2, 0.25) is 11.8 Å². The summed E-state index contributed by atoms with van der Waals surface area (Å²) in [6.07, 6.45) is 3.47. The Morgan fingerprint density at radius 1 is 0.848 bits per heavy atom. The van der Waals surface area contributed by atoms with Gasteiger partial charge in [0.15, 0.2) is 11.0 Å². The molecule has 164 valence electrons. The van der Waals surface area contributed by atoms with Gasteiger partial charge in [-0.05, 0) is 55.5 Å². The van der Waals surface area contributed by atoms with Gasteiger partial charge in [-0.15, -0.1) is 20.4 Å². The zero-order chi connectivity index (χ0) is 22.6. The van der Waals surface area contributed by atoms with E-state index in [4.69, 9.17) is 9.15 Å².